The monoisotopic (exact) mass is 825 g/mol. The molecule has 0 N–H and O–H groups in total. The quantitative estimate of drug-likeness (QED) is 0.162. The van der Waals surface area contributed by atoms with Crippen LogP contribution < -0.4 is 0 Å². The summed E-state index contributed by atoms with van der Waals surface area (Å²) < 4.78 is 4.73. The van der Waals surface area contributed by atoms with Crippen LogP contribution in [-0.4, -0.2) is 9.13 Å². The first-order valence-corrected chi connectivity index (χ1v) is 21.6. The summed E-state index contributed by atoms with van der Waals surface area (Å²) in [6, 6.07) is 72.2. The van der Waals surface area contributed by atoms with Gasteiger partial charge in [-0.3, -0.25) is 0 Å². The summed E-state index contributed by atoms with van der Waals surface area (Å²) in [5.74, 6) is 0. The number of aryl methyl sites for hydroxylation is 1. The maximum atomic E-state index is 12.0. The Morgan fingerprint density at radius 2 is 0.831 bits per heavy atom. The van der Waals surface area contributed by atoms with E-state index in [1.54, 1.807) is 0 Å². The summed E-state index contributed by atoms with van der Waals surface area (Å²) in [4.78, 5) is 3.76. The van der Waals surface area contributed by atoms with E-state index in [4.69, 9.17) is 6.57 Å². The maximum Gasteiger partial charge on any atom is 0.187 e. The van der Waals surface area contributed by atoms with Crippen LogP contribution in [0.2, 0.25) is 0 Å². The smallest absolute Gasteiger partial charge is 0.187 e. The zero-order valence-corrected chi connectivity index (χ0v) is 35.2. The summed E-state index contributed by atoms with van der Waals surface area (Å²) in [5, 5.41) is 31.0. The van der Waals surface area contributed by atoms with E-state index in [2.05, 4.69) is 179 Å². The molecule has 10 aromatic carbocycles. The van der Waals surface area contributed by atoms with Crippen molar-refractivity contribution in [2.75, 3.05) is 0 Å². The highest BCUT2D eigenvalue weighted by atomic mass is 15.0. The molecule has 5 nitrogen and oxygen atoms in total. The average Bonchev–Trinajstić information content (AvgIpc) is 3.85. The Balaban J connectivity index is 1.41. The van der Waals surface area contributed by atoms with Gasteiger partial charge < -0.3 is 9.13 Å². The summed E-state index contributed by atoms with van der Waals surface area (Å²) in [6.07, 6.45) is 0. The second-order valence-corrected chi connectivity index (χ2v) is 16.7. The first-order chi connectivity index (χ1) is 32.0. The van der Waals surface area contributed by atoms with Crippen LogP contribution in [0.3, 0.4) is 0 Å². The fraction of sp³-hybridized carbons (Fsp3) is 0.0167. The summed E-state index contributed by atoms with van der Waals surface area (Å²) in [5.41, 5.74) is 13.3. The Morgan fingerprint density at radius 3 is 1.29 bits per heavy atom. The van der Waals surface area contributed by atoms with Gasteiger partial charge in [-0.2, -0.15) is 10.5 Å². The zero-order valence-electron chi connectivity index (χ0n) is 35.2. The number of para-hydroxylation sites is 2. The van der Waals surface area contributed by atoms with Gasteiger partial charge in [0, 0.05) is 38.2 Å². The standard InChI is InChI=1S/C60H35N5/c1-37-19-23-39(24-20-37)56-51(36-62)57(40-27-29-46(63-2)30-28-40)60(65-53-18-10-8-16-48(53)50-32-43-12-4-6-14-45(43)34-55(50)65)58(41-25-21-38(35-61)22-26-41)59(56)64-52-17-9-7-15-47(52)49-31-42-11-3-5-13-44(42)33-54(49)64/h3-34H,1H3. The predicted octanol–water partition coefficient (Wildman–Crippen LogP) is 15.8. The van der Waals surface area contributed by atoms with Gasteiger partial charge in [0.2, 0.25) is 0 Å². The number of hydrogen-bond donors (Lipinski definition) is 0. The molecule has 0 fully saturated rings. The lowest BCUT2D eigenvalue weighted by Crippen LogP contribution is -2.10. The lowest BCUT2D eigenvalue weighted by molar-refractivity contribution is 1.14. The predicted molar refractivity (Wildman–Crippen MR) is 267 cm³/mol. The molecule has 12 rings (SSSR count). The van der Waals surface area contributed by atoms with Gasteiger partial charge in [0.15, 0.2) is 5.69 Å². The number of nitrogens with zero attached hydrogens (tertiary/aromatic N) is 5. The highest BCUT2D eigenvalue weighted by molar-refractivity contribution is 6.18. The molecule has 0 atom stereocenters. The molecule has 2 heterocycles. The molecule has 0 saturated carbocycles. The average molecular weight is 826 g/mol. The molecule has 0 aliphatic rings. The van der Waals surface area contributed by atoms with E-state index in [-0.39, 0.29) is 0 Å². The molecule has 5 heteroatoms. The molecule has 12 aromatic rings. The number of aromatic nitrogens is 2. The van der Waals surface area contributed by atoms with E-state index in [0.29, 0.717) is 16.8 Å². The lowest BCUT2D eigenvalue weighted by atomic mass is 9.83. The second-order valence-electron chi connectivity index (χ2n) is 16.7. The Kier molecular flexibility index (Phi) is 8.50. The molecular formula is C60H35N5. The van der Waals surface area contributed by atoms with Gasteiger partial charge in [-0.25, -0.2) is 4.85 Å². The molecule has 2 aromatic heterocycles. The lowest BCUT2D eigenvalue weighted by Gasteiger charge is -2.28. The van der Waals surface area contributed by atoms with Crippen molar-refractivity contribution in [1.82, 2.24) is 9.13 Å². The van der Waals surface area contributed by atoms with Gasteiger partial charge in [0.25, 0.3) is 0 Å². The van der Waals surface area contributed by atoms with Gasteiger partial charge in [-0.05, 0) is 93.7 Å². The van der Waals surface area contributed by atoms with E-state index < -0.39 is 0 Å². The normalized spacial score (nSPS) is 11.4. The van der Waals surface area contributed by atoms with Gasteiger partial charge in [-0.15, -0.1) is 0 Å². The van der Waals surface area contributed by atoms with Crippen molar-refractivity contribution in [3.8, 4) is 56.9 Å². The highest BCUT2D eigenvalue weighted by Gasteiger charge is 2.32. The summed E-state index contributed by atoms with van der Waals surface area (Å²) in [7, 11) is 0. The van der Waals surface area contributed by atoms with E-state index >= 15 is 0 Å². The Morgan fingerprint density at radius 1 is 0.415 bits per heavy atom. The van der Waals surface area contributed by atoms with Crippen molar-refractivity contribution in [3.63, 3.8) is 0 Å². The van der Waals surface area contributed by atoms with Crippen molar-refractivity contribution >= 4 is 70.8 Å². The molecule has 0 aliphatic carbocycles. The van der Waals surface area contributed by atoms with Crippen molar-refractivity contribution in [2.24, 2.45) is 0 Å². The first kappa shape index (κ1) is 37.5. The Labute approximate surface area is 374 Å². The third kappa shape index (κ3) is 5.76. The van der Waals surface area contributed by atoms with Crippen molar-refractivity contribution < 1.29 is 0 Å². The fourth-order valence-corrected chi connectivity index (χ4v) is 10.0. The fourth-order valence-electron chi connectivity index (χ4n) is 10.0. The SMILES string of the molecule is [C-]#[N+]c1ccc(-c2c(C#N)c(-c3ccc(C)cc3)c(-n3c4ccccc4c4cc5ccccc5cc43)c(-c3ccc(C#N)cc3)c2-n2c3ccccc3c3cc4ccccc4cc32)cc1. The number of fused-ring (bicyclic) bond motifs is 8. The molecule has 300 valence electrons. The van der Waals surface area contributed by atoms with Gasteiger partial charge >= 0.3 is 0 Å². The molecule has 0 aliphatic heterocycles. The third-order valence-corrected chi connectivity index (χ3v) is 13.0. The number of benzene rings is 10. The molecular weight excluding hydrogens is 791 g/mol. The molecule has 0 bridgehead atoms. The van der Waals surface area contributed by atoms with E-state index in [1.807, 2.05) is 48.5 Å². The molecule has 0 saturated heterocycles. The largest absolute Gasteiger partial charge is 0.308 e. The topological polar surface area (TPSA) is 61.8 Å². The van der Waals surface area contributed by atoms with E-state index in [1.165, 1.54) is 0 Å². The number of nitriles is 2. The molecule has 0 radical (unpaired) electrons. The van der Waals surface area contributed by atoms with Crippen molar-refractivity contribution in [3.05, 3.63) is 222 Å². The van der Waals surface area contributed by atoms with E-state index in [0.717, 1.165) is 115 Å². The second kappa shape index (κ2) is 14.7. The molecule has 0 unspecified atom stereocenters. The number of hydrogen-bond acceptors (Lipinski definition) is 2. The highest BCUT2D eigenvalue weighted by Crippen LogP contribution is 2.52. The van der Waals surface area contributed by atoms with Crippen LogP contribution in [0, 0.1) is 36.2 Å². The maximum absolute atomic E-state index is 12.0. The minimum atomic E-state index is 0.505. The van der Waals surface area contributed by atoms with Crippen LogP contribution in [-0.2, 0) is 0 Å². The third-order valence-electron chi connectivity index (χ3n) is 13.0. The van der Waals surface area contributed by atoms with Gasteiger partial charge in [-0.1, -0.05) is 151 Å². The van der Waals surface area contributed by atoms with Crippen LogP contribution in [0.25, 0.3) is 115 Å². The Bertz CT molecular complexity index is 4070. The minimum Gasteiger partial charge on any atom is -0.308 e. The van der Waals surface area contributed by atoms with E-state index in [9.17, 15) is 10.5 Å². The molecule has 65 heavy (non-hydrogen) atoms. The van der Waals surface area contributed by atoms with Crippen LogP contribution >= 0.6 is 0 Å². The van der Waals surface area contributed by atoms with Crippen LogP contribution in [0.1, 0.15) is 16.7 Å². The van der Waals surface area contributed by atoms with Crippen molar-refractivity contribution in [1.29, 1.82) is 10.5 Å². The van der Waals surface area contributed by atoms with Gasteiger partial charge in [0.05, 0.1) is 57.2 Å². The minimum absolute atomic E-state index is 0.505. The molecule has 0 amide bonds. The van der Waals surface area contributed by atoms with Crippen LogP contribution in [0.4, 0.5) is 5.69 Å². The zero-order chi connectivity index (χ0) is 43.8. The Hall–Kier alpha value is -9.21. The van der Waals surface area contributed by atoms with Crippen LogP contribution in [0.5, 0.6) is 0 Å². The van der Waals surface area contributed by atoms with Crippen molar-refractivity contribution in [2.45, 2.75) is 6.92 Å². The van der Waals surface area contributed by atoms with Gasteiger partial charge in [0.1, 0.15) is 6.07 Å². The number of rotatable bonds is 5. The molecule has 0 spiro atoms. The summed E-state index contributed by atoms with van der Waals surface area (Å²) in [6.45, 7) is 9.96. The van der Waals surface area contributed by atoms with Crippen LogP contribution in [0.15, 0.2) is 194 Å². The summed E-state index contributed by atoms with van der Waals surface area (Å²) >= 11 is 0. The first-order valence-electron chi connectivity index (χ1n) is 21.6.